The SMILES string of the molecule is C#Cc1ccc(/C(C#N)=C2/C(=C(C#N)c3c(F)c(F)c(C(F)(F)F)c(F)c3F)/C2=C(/C#N)c2c(F)c(F)c(C(F)(F)F)c(F)c2F)c(C(F)(F)F)c1. The Hall–Kier alpha value is -6.28. The predicted molar refractivity (Wildman–Crippen MR) is 140 cm³/mol. The monoisotopic (exact) mass is 753 g/mol. The summed E-state index contributed by atoms with van der Waals surface area (Å²) in [6, 6.07) is 4.04. The summed E-state index contributed by atoms with van der Waals surface area (Å²) < 4.78 is 240. The van der Waals surface area contributed by atoms with Gasteiger partial charge in [0.15, 0.2) is 46.5 Å². The van der Waals surface area contributed by atoms with Crippen molar-refractivity contribution in [2.45, 2.75) is 18.5 Å². The average Bonchev–Trinajstić information content (AvgIpc) is 3.75. The second-order valence-corrected chi connectivity index (χ2v) is 10.00. The highest BCUT2D eigenvalue weighted by molar-refractivity contribution is 6.12. The molecule has 0 aliphatic heterocycles. The van der Waals surface area contributed by atoms with Crippen molar-refractivity contribution in [1.82, 2.24) is 0 Å². The van der Waals surface area contributed by atoms with Gasteiger partial charge in [0, 0.05) is 27.8 Å². The zero-order valence-electron chi connectivity index (χ0n) is 24.1. The Morgan fingerprint density at radius 3 is 1.08 bits per heavy atom. The van der Waals surface area contributed by atoms with E-state index in [4.69, 9.17) is 6.42 Å². The van der Waals surface area contributed by atoms with Crippen molar-refractivity contribution in [1.29, 1.82) is 15.8 Å². The Kier molecular flexibility index (Phi) is 9.48. The van der Waals surface area contributed by atoms with Crippen LogP contribution in [-0.2, 0) is 18.5 Å². The van der Waals surface area contributed by atoms with E-state index >= 15 is 17.6 Å². The van der Waals surface area contributed by atoms with E-state index in [0.29, 0.717) is 12.1 Å². The number of alkyl halides is 9. The van der Waals surface area contributed by atoms with Gasteiger partial charge in [0.1, 0.15) is 29.3 Å². The molecule has 0 unspecified atom stereocenters. The fraction of sp³-hybridized carbons (Fsp3) is 0.0938. The number of halogens is 17. The molecule has 0 N–H and O–H groups in total. The molecule has 4 rings (SSSR count). The maximum Gasteiger partial charge on any atom is 0.422 e. The lowest BCUT2D eigenvalue weighted by Gasteiger charge is -2.14. The van der Waals surface area contributed by atoms with Crippen molar-refractivity contribution in [3.05, 3.63) is 120 Å². The predicted octanol–water partition coefficient (Wildman–Crippen LogP) is 10.1. The summed E-state index contributed by atoms with van der Waals surface area (Å²) in [6.07, 6.45) is -12.7. The van der Waals surface area contributed by atoms with Crippen LogP contribution < -0.4 is 0 Å². The molecule has 0 aromatic heterocycles. The fourth-order valence-electron chi connectivity index (χ4n) is 4.95. The third kappa shape index (κ3) is 6.06. The molecule has 0 atom stereocenters. The molecule has 0 spiro atoms. The van der Waals surface area contributed by atoms with Crippen molar-refractivity contribution in [3.8, 4) is 30.6 Å². The maximum absolute atomic E-state index is 15.1. The van der Waals surface area contributed by atoms with Crippen LogP contribution in [-0.4, -0.2) is 0 Å². The van der Waals surface area contributed by atoms with Crippen LogP contribution >= 0.6 is 0 Å². The summed E-state index contributed by atoms with van der Waals surface area (Å²) in [5, 5.41) is 29.5. The van der Waals surface area contributed by atoms with Crippen LogP contribution in [0.5, 0.6) is 0 Å². The van der Waals surface area contributed by atoms with Crippen molar-refractivity contribution in [3.63, 3.8) is 0 Å². The number of rotatable bonds is 3. The van der Waals surface area contributed by atoms with Gasteiger partial charge in [-0.25, -0.2) is 35.1 Å². The van der Waals surface area contributed by atoms with Gasteiger partial charge in [-0.1, -0.05) is 12.0 Å². The summed E-state index contributed by atoms with van der Waals surface area (Å²) in [5.74, 6) is -23.2. The number of allylic oxidation sites excluding steroid dienone is 6. The van der Waals surface area contributed by atoms with Gasteiger partial charge in [0.05, 0.1) is 33.4 Å². The summed E-state index contributed by atoms with van der Waals surface area (Å²) in [6.45, 7) is 0. The molecule has 3 aromatic rings. The molecule has 3 aromatic carbocycles. The van der Waals surface area contributed by atoms with Gasteiger partial charge in [-0.15, -0.1) is 6.42 Å². The van der Waals surface area contributed by atoms with Gasteiger partial charge < -0.3 is 0 Å². The Morgan fingerprint density at radius 2 is 0.808 bits per heavy atom. The van der Waals surface area contributed by atoms with Gasteiger partial charge in [-0.05, 0) is 12.1 Å². The molecule has 266 valence electrons. The molecular weight excluding hydrogens is 749 g/mol. The summed E-state index contributed by atoms with van der Waals surface area (Å²) in [4.78, 5) is 0. The number of nitrogens with zero attached hydrogens (tertiary/aromatic N) is 3. The third-order valence-electron chi connectivity index (χ3n) is 7.13. The van der Waals surface area contributed by atoms with Gasteiger partial charge >= 0.3 is 18.5 Å². The van der Waals surface area contributed by atoms with E-state index in [0.717, 1.165) is 18.2 Å². The molecule has 1 fully saturated rings. The number of benzene rings is 3. The van der Waals surface area contributed by atoms with E-state index in [1.165, 1.54) is 0 Å². The first-order chi connectivity index (χ1) is 23.9. The van der Waals surface area contributed by atoms with Crippen molar-refractivity contribution in [2.24, 2.45) is 0 Å². The average molecular weight is 753 g/mol. The van der Waals surface area contributed by atoms with E-state index in [1.54, 1.807) is 5.92 Å². The topological polar surface area (TPSA) is 71.4 Å². The normalized spacial score (nSPS) is 16.0. The quantitative estimate of drug-likeness (QED) is 0.116. The van der Waals surface area contributed by atoms with Crippen molar-refractivity contribution < 1.29 is 74.6 Å². The molecule has 1 aliphatic rings. The summed E-state index contributed by atoms with van der Waals surface area (Å²) >= 11 is 0. The number of nitriles is 3. The van der Waals surface area contributed by atoms with E-state index in [2.05, 4.69) is 0 Å². The van der Waals surface area contributed by atoms with Crippen LogP contribution in [0.3, 0.4) is 0 Å². The molecule has 52 heavy (non-hydrogen) atoms. The maximum atomic E-state index is 15.1. The van der Waals surface area contributed by atoms with E-state index in [9.17, 15) is 72.9 Å². The minimum atomic E-state index is -6.16. The summed E-state index contributed by atoms with van der Waals surface area (Å²) in [5.41, 5.74) is -25.0. The second kappa shape index (κ2) is 12.8. The van der Waals surface area contributed by atoms with Gasteiger partial charge in [0.2, 0.25) is 0 Å². The highest BCUT2D eigenvalue weighted by atomic mass is 19.4. The lowest BCUT2D eigenvalue weighted by molar-refractivity contribution is -0.144. The molecule has 1 saturated carbocycles. The Bertz CT molecular complexity index is 2200. The molecule has 0 saturated heterocycles. The zero-order chi connectivity index (χ0) is 39.6. The fourth-order valence-corrected chi connectivity index (χ4v) is 4.95. The smallest absolute Gasteiger partial charge is 0.203 e. The molecule has 3 nitrogen and oxygen atoms in total. The molecule has 0 heterocycles. The number of hydrogen-bond acceptors (Lipinski definition) is 3. The molecule has 0 bridgehead atoms. The molecule has 0 amide bonds. The first kappa shape index (κ1) is 38.5. The standard InChI is InChI=1S/C32H4F17N3/c1-2-9-3-4-10(14(5-9)30(41,42)43)11(6-50)15-16(12(7-51)18-22(33)26(37)20(31(44,45)46)27(38)23(18)34)17(15)13(8-52)19-24(35)28(39)21(32(47,48)49)29(40)25(19)36/h1,3-5H/b15-11-,16-12?,17-13-. The third-order valence-corrected chi connectivity index (χ3v) is 7.13. The molecule has 1 aliphatic carbocycles. The first-order valence-electron chi connectivity index (χ1n) is 12.9. The van der Waals surface area contributed by atoms with E-state index in [-0.39, 0.29) is 6.07 Å². The van der Waals surface area contributed by atoms with E-state index in [1.807, 2.05) is 0 Å². The zero-order valence-corrected chi connectivity index (χ0v) is 24.1. The number of hydrogen-bond donors (Lipinski definition) is 0. The van der Waals surface area contributed by atoms with Gasteiger partial charge in [0.25, 0.3) is 0 Å². The highest BCUT2D eigenvalue weighted by Crippen LogP contribution is 2.58. The van der Waals surface area contributed by atoms with E-state index < -0.39 is 137 Å². The van der Waals surface area contributed by atoms with Crippen LogP contribution in [0.15, 0.2) is 34.9 Å². The molecular formula is C32H4F17N3. The molecule has 0 radical (unpaired) electrons. The van der Waals surface area contributed by atoms with Crippen LogP contribution in [0.1, 0.15) is 38.9 Å². The minimum absolute atomic E-state index is 0.207. The van der Waals surface area contributed by atoms with Crippen LogP contribution in [0, 0.1) is 92.9 Å². The van der Waals surface area contributed by atoms with Gasteiger partial charge in [-0.3, -0.25) is 0 Å². The van der Waals surface area contributed by atoms with Crippen molar-refractivity contribution in [2.75, 3.05) is 0 Å². The lowest BCUT2D eigenvalue weighted by Crippen LogP contribution is -2.17. The number of terminal acetylenes is 1. The highest BCUT2D eigenvalue weighted by Gasteiger charge is 2.49. The second-order valence-electron chi connectivity index (χ2n) is 10.00. The lowest BCUT2D eigenvalue weighted by atomic mass is 9.95. The minimum Gasteiger partial charge on any atom is -0.203 e. The molecule has 20 heteroatoms. The van der Waals surface area contributed by atoms with Crippen LogP contribution in [0.2, 0.25) is 0 Å². The Labute approximate surface area is 277 Å². The van der Waals surface area contributed by atoms with Crippen LogP contribution in [0.25, 0.3) is 16.7 Å². The van der Waals surface area contributed by atoms with Crippen molar-refractivity contribution >= 4 is 16.7 Å². The van der Waals surface area contributed by atoms with Crippen LogP contribution in [0.4, 0.5) is 74.6 Å². The van der Waals surface area contributed by atoms with Gasteiger partial charge in [-0.2, -0.15) is 55.3 Å². The largest absolute Gasteiger partial charge is 0.422 e. The Balaban J connectivity index is 2.35. The summed E-state index contributed by atoms with van der Waals surface area (Å²) in [7, 11) is 0. The first-order valence-corrected chi connectivity index (χ1v) is 12.9. The Morgan fingerprint density at radius 1 is 0.481 bits per heavy atom.